The quantitative estimate of drug-likeness (QED) is 0.418. The maximum atomic E-state index is 14.4. The van der Waals surface area contributed by atoms with E-state index in [4.69, 9.17) is 16.3 Å². The van der Waals surface area contributed by atoms with Gasteiger partial charge in [-0.25, -0.2) is 9.97 Å². The van der Waals surface area contributed by atoms with Crippen LogP contribution >= 0.6 is 11.6 Å². The molecule has 3 aromatic rings. The molecule has 0 aliphatic rings. The van der Waals surface area contributed by atoms with E-state index in [0.717, 1.165) is 0 Å². The number of methoxy groups -OCH3 is 1. The first-order chi connectivity index (χ1) is 15.0. The fourth-order valence-corrected chi connectivity index (χ4v) is 3.79. The lowest BCUT2D eigenvalue weighted by atomic mass is 9.82. The largest absolute Gasteiger partial charge is 0.496 e. The minimum Gasteiger partial charge on any atom is -0.496 e. The van der Waals surface area contributed by atoms with Crippen molar-refractivity contribution in [1.82, 2.24) is 9.97 Å². The number of ether oxygens (including phenoxy) is 1. The molecule has 0 bridgehead atoms. The molecule has 0 radical (unpaired) electrons. The van der Waals surface area contributed by atoms with Gasteiger partial charge in [0.15, 0.2) is 5.60 Å². The van der Waals surface area contributed by atoms with Gasteiger partial charge in [-0.15, -0.1) is 6.58 Å². The number of aryl methyl sites for hydroxylation is 1. The third-order valence-corrected chi connectivity index (χ3v) is 5.33. The molecule has 5 nitrogen and oxygen atoms in total. The highest BCUT2D eigenvalue weighted by molar-refractivity contribution is 6.30. The molecule has 0 saturated heterocycles. The van der Waals surface area contributed by atoms with E-state index in [-0.39, 0.29) is 21.9 Å². The van der Waals surface area contributed by atoms with E-state index in [2.05, 4.69) is 21.9 Å². The number of hydrogen-bond acceptors (Lipinski definition) is 5. The molecule has 1 heterocycles. The first-order valence-corrected chi connectivity index (χ1v) is 10.1. The summed E-state index contributed by atoms with van der Waals surface area (Å²) in [5, 5.41) is 14.8. The SMILES string of the molecule is C=C(C)CC(O)(C(Nc1cccc2nc(C)ncc12)c1ccc(Cl)cc1OC)C(F)(F)F. The summed E-state index contributed by atoms with van der Waals surface area (Å²) in [6, 6.07) is 7.60. The van der Waals surface area contributed by atoms with Crippen LogP contribution in [0.4, 0.5) is 18.9 Å². The van der Waals surface area contributed by atoms with Gasteiger partial charge in [0.1, 0.15) is 11.6 Å². The van der Waals surface area contributed by atoms with Crippen molar-refractivity contribution in [2.24, 2.45) is 0 Å². The van der Waals surface area contributed by atoms with Crippen molar-refractivity contribution in [2.75, 3.05) is 12.4 Å². The smallest absolute Gasteiger partial charge is 0.419 e. The van der Waals surface area contributed by atoms with Gasteiger partial charge in [0.05, 0.1) is 18.7 Å². The number of aromatic nitrogens is 2. The molecular weight excluding hydrogens is 443 g/mol. The summed E-state index contributed by atoms with van der Waals surface area (Å²) in [5.41, 5.74) is -2.06. The molecule has 0 saturated carbocycles. The second-order valence-electron chi connectivity index (χ2n) is 7.68. The molecule has 2 N–H and O–H groups in total. The molecular formula is C23H23ClF3N3O2. The number of aliphatic hydroxyl groups is 1. The summed E-state index contributed by atoms with van der Waals surface area (Å²) < 4.78 is 48.4. The van der Waals surface area contributed by atoms with Crippen LogP contribution in [0.5, 0.6) is 5.75 Å². The Morgan fingerprint density at radius 2 is 2.00 bits per heavy atom. The zero-order valence-electron chi connectivity index (χ0n) is 17.8. The molecule has 2 atom stereocenters. The molecule has 3 rings (SSSR count). The first kappa shape index (κ1) is 23.8. The van der Waals surface area contributed by atoms with Crippen LogP contribution in [0, 0.1) is 6.92 Å². The van der Waals surface area contributed by atoms with Crippen molar-refractivity contribution in [3.63, 3.8) is 0 Å². The lowest BCUT2D eigenvalue weighted by Crippen LogP contribution is -2.52. The number of alkyl halides is 3. The maximum Gasteiger partial charge on any atom is 0.419 e. The van der Waals surface area contributed by atoms with Crippen LogP contribution in [-0.4, -0.2) is 34.0 Å². The van der Waals surface area contributed by atoms with Crippen molar-refractivity contribution >= 4 is 28.2 Å². The minimum absolute atomic E-state index is 0.0861. The van der Waals surface area contributed by atoms with Gasteiger partial charge in [-0.3, -0.25) is 0 Å². The second-order valence-corrected chi connectivity index (χ2v) is 8.11. The minimum atomic E-state index is -4.99. The first-order valence-electron chi connectivity index (χ1n) is 9.72. The standard InChI is InChI=1S/C23H23ClF3N3O2/c1-13(2)11-22(31,23(25,26)27)21(16-9-8-15(24)10-20(16)32-4)30-19-7-5-6-18-17(19)12-28-14(3)29-18/h5-10,12,21,30-31H,1,11H2,2-4H3. The maximum absolute atomic E-state index is 14.4. The molecule has 0 aliphatic heterocycles. The van der Waals surface area contributed by atoms with Crippen LogP contribution in [0.2, 0.25) is 5.02 Å². The van der Waals surface area contributed by atoms with Gasteiger partial charge in [0, 0.05) is 34.3 Å². The molecule has 0 amide bonds. The van der Waals surface area contributed by atoms with Gasteiger partial charge in [-0.1, -0.05) is 29.3 Å². The molecule has 1 aromatic heterocycles. The predicted octanol–water partition coefficient (Wildman–Crippen LogP) is 6.01. The van der Waals surface area contributed by atoms with Gasteiger partial charge >= 0.3 is 6.18 Å². The summed E-state index contributed by atoms with van der Waals surface area (Å²) in [7, 11) is 1.33. The highest BCUT2D eigenvalue weighted by Gasteiger charge is 2.59. The number of halogens is 4. The van der Waals surface area contributed by atoms with Crippen LogP contribution in [-0.2, 0) is 0 Å². The van der Waals surface area contributed by atoms with Crippen molar-refractivity contribution in [1.29, 1.82) is 0 Å². The lowest BCUT2D eigenvalue weighted by Gasteiger charge is -2.39. The third kappa shape index (κ3) is 4.66. The van der Waals surface area contributed by atoms with Gasteiger partial charge in [0.25, 0.3) is 0 Å². The van der Waals surface area contributed by atoms with Gasteiger partial charge < -0.3 is 15.2 Å². The summed E-state index contributed by atoms with van der Waals surface area (Å²) >= 11 is 6.03. The second kappa shape index (κ2) is 8.96. The Bertz CT molecular complexity index is 1150. The highest BCUT2D eigenvalue weighted by atomic mass is 35.5. The Morgan fingerprint density at radius 1 is 1.28 bits per heavy atom. The Balaban J connectivity index is 2.25. The molecule has 0 fully saturated rings. The highest BCUT2D eigenvalue weighted by Crippen LogP contribution is 2.48. The van der Waals surface area contributed by atoms with E-state index >= 15 is 0 Å². The molecule has 170 valence electrons. The fraction of sp³-hybridized carbons (Fsp3) is 0.304. The van der Waals surface area contributed by atoms with E-state index in [0.29, 0.717) is 22.4 Å². The number of hydrogen-bond donors (Lipinski definition) is 2. The van der Waals surface area contributed by atoms with E-state index in [1.807, 2.05) is 0 Å². The normalized spacial score (nSPS) is 14.6. The number of nitrogens with one attached hydrogen (secondary N) is 1. The number of fused-ring (bicyclic) bond motifs is 1. The van der Waals surface area contributed by atoms with E-state index in [1.165, 1.54) is 38.4 Å². The average Bonchev–Trinajstić information content (AvgIpc) is 2.70. The molecule has 32 heavy (non-hydrogen) atoms. The van der Waals surface area contributed by atoms with Gasteiger partial charge in [-0.2, -0.15) is 13.2 Å². The fourth-order valence-electron chi connectivity index (χ4n) is 3.63. The Labute approximate surface area is 188 Å². The number of rotatable bonds is 7. The monoisotopic (exact) mass is 465 g/mol. The van der Waals surface area contributed by atoms with E-state index < -0.39 is 24.2 Å². The predicted molar refractivity (Wildman–Crippen MR) is 119 cm³/mol. The molecule has 9 heteroatoms. The molecule has 2 aromatic carbocycles. The number of anilines is 1. The lowest BCUT2D eigenvalue weighted by molar-refractivity contribution is -0.266. The third-order valence-electron chi connectivity index (χ3n) is 5.09. The van der Waals surface area contributed by atoms with E-state index in [1.54, 1.807) is 25.1 Å². The molecule has 2 unspecified atom stereocenters. The number of benzene rings is 2. The summed E-state index contributed by atoms with van der Waals surface area (Å²) in [5.74, 6) is 0.631. The summed E-state index contributed by atoms with van der Waals surface area (Å²) in [6.45, 7) is 6.74. The van der Waals surface area contributed by atoms with Crippen LogP contribution in [0.3, 0.4) is 0 Å². The summed E-state index contributed by atoms with van der Waals surface area (Å²) in [4.78, 5) is 8.49. The van der Waals surface area contributed by atoms with Crippen molar-refractivity contribution in [2.45, 2.75) is 38.1 Å². The number of nitrogens with zero attached hydrogens (tertiary/aromatic N) is 2. The van der Waals surface area contributed by atoms with Gasteiger partial charge in [-0.05, 0) is 38.1 Å². The Kier molecular flexibility index (Phi) is 6.67. The van der Waals surface area contributed by atoms with Crippen molar-refractivity contribution in [3.8, 4) is 5.75 Å². The van der Waals surface area contributed by atoms with Crippen molar-refractivity contribution < 1.29 is 23.0 Å². The zero-order chi connectivity index (χ0) is 23.7. The van der Waals surface area contributed by atoms with Crippen LogP contribution in [0.25, 0.3) is 10.9 Å². The van der Waals surface area contributed by atoms with Crippen LogP contribution in [0.15, 0.2) is 54.7 Å². The molecule has 0 spiro atoms. The van der Waals surface area contributed by atoms with Crippen LogP contribution < -0.4 is 10.1 Å². The Hall–Kier alpha value is -2.84. The Morgan fingerprint density at radius 3 is 2.62 bits per heavy atom. The van der Waals surface area contributed by atoms with Gasteiger partial charge in [0.2, 0.25) is 0 Å². The zero-order valence-corrected chi connectivity index (χ0v) is 18.6. The topological polar surface area (TPSA) is 67.3 Å². The van der Waals surface area contributed by atoms with Crippen molar-refractivity contribution in [3.05, 3.63) is 71.2 Å². The molecule has 0 aliphatic carbocycles. The average molecular weight is 466 g/mol. The van der Waals surface area contributed by atoms with Crippen LogP contribution in [0.1, 0.15) is 30.8 Å². The summed E-state index contributed by atoms with van der Waals surface area (Å²) in [6.07, 6.45) is -4.19. The van der Waals surface area contributed by atoms with E-state index in [9.17, 15) is 18.3 Å².